The first-order valence-corrected chi connectivity index (χ1v) is 8.46. The smallest absolute Gasteiger partial charge is 0.316 e. The lowest BCUT2D eigenvalue weighted by Gasteiger charge is -2.06. The number of thioether (sulfide) groups is 1. The molecule has 6 heteroatoms. The quantitative estimate of drug-likeness (QED) is 0.536. The van der Waals surface area contributed by atoms with Crippen molar-refractivity contribution in [2.24, 2.45) is 0 Å². The predicted octanol–water partition coefficient (Wildman–Crippen LogP) is 3.93. The Bertz CT molecular complexity index is 830. The molecule has 0 spiro atoms. The Kier molecular flexibility index (Phi) is 4.40. The number of methoxy groups -OCH3 is 1. The van der Waals surface area contributed by atoms with Crippen LogP contribution in [0.4, 0.5) is 0 Å². The molecule has 1 heterocycles. The molecule has 3 aromatic rings. The van der Waals surface area contributed by atoms with Crippen LogP contribution in [0.3, 0.4) is 0 Å². The summed E-state index contributed by atoms with van der Waals surface area (Å²) in [6.45, 7) is 2.08. The summed E-state index contributed by atoms with van der Waals surface area (Å²) < 4.78 is 9.66. The molecule has 0 aliphatic heterocycles. The summed E-state index contributed by atoms with van der Waals surface area (Å²) in [6, 6.07) is 12.5. The van der Waals surface area contributed by atoms with Gasteiger partial charge in [-0.05, 0) is 29.2 Å². The number of ether oxygens (including phenoxy) is 1. The second kappa shape index (κ2) is 6.46. The summed E-state index contributed by atoms with van der Waals surface area (Å²) in [5.74, 6) is 0.00921. The van der Waals surface area contributed by atoms with Gasteiger partial charge in [0.2, 0.25) is 0 Å². The molecule has 3 rings (SSSR count). The lowest BCUT2D eigenvalue weighted by Crippen LogP contribution is -2.02. The monoisotopic (exact) mass is 330 g/mol. The number of fused-ring (bicyclic) bond motifs is 1. The molecule has 1 aromatic heterocycles. The summed E-state index contributed by atoms with van der Waals surface area (Å²) in [5.41, 5.74) is 3.09. The molecule has 0 unspecified atom stereocenters. The molecular formula is C16H14N2O2S2. The van der Waals surface area contributed by atoms with Crippen LogP contribution in [0.15, 0.2) is 40.6 Å². The molecule has 0 saturated heterocycles. The number of aryl methyl sites for hydroxylation is 1. The molecule has 22 heavy (non-hydrogen) atoms. The number of esters is 1. The van der Waals surface area contributed by atoms with Gasteiger partial charge in [-0.15, -0.1) is 5.10 Å². The van der Waals surface area contributed by atoms with Gasteiger partial charge in [0.25, 0.3) is 0 Å². The summed E-state index contributed by atoms with van der Waals surface area (Å²) >= 11 is 2.71. The highest BCUT2D eigenvalue weighted by Crippen LogP contribution is 2.36. The maximum absolute atomic E-state index is 11.3. The van der Waals surface area contributed by atoms with Crippen molar-refractivity contribution in [2.45, 2.75) is 11.1 Å². The Morgan fingerprint density at radius 1 is 1.32 bits per heavy atom. The number of carbonyl (C=O) groups is 1. The first-order valence-electron chi connectivity index (χ1n) is 6.71. The van der Waals surface area contributed by atoms with E-state index in [1.165, 1.54) is 41.4 Å². The van der Waals surface area contributed by atoms with Crippen LogP contribution in [0.5, 0.6) is 0 Å². The van der Waals surface area contributed by atoms with Crippen LogP contribution in [-0.2, 0) is 9.53 Å². The minimum Gasteiger partial charge on any atom is -0.468 e. The fraction of sp³-hybridized carbons (Fsp3) is 0.188. The van der Waals surface area contributed by atoms with Gasteiger partial charge in [-0.2, -0.15) is 0 Å². The van der Waals surface area contributed by atoms with Crippen molar-refractivity contribution in [3.8, 4) is 11.3 Å². The number of rotatable bonds is 4. The Labute approximate surface area is 136 Å². The summed E-state index contributed by atoms with van der Waals surface area (Å²) in [4.78, 5) is 11.3. The minimum atomic E-state index is -0.252. The lowest BCUT2D eigenvalue weighted by atomic mass is 10.0. The van der Waals surface area contributed by atoms with Gasteiger partial charge in [0.1, 0.15) is 9.90 Å². The van der Waals surface area contributed by atoms with Crippen LogP contribution in [0.1, 0.15) is 5.56 Å². The Hall–Kier alpha value is -1.92. The maximum atomic E-state index is 11.3. The third-order valence-electron chi connectivity index (χ3n) is 3.30. The van der Waals surface area contributed by atoms with Crippen LogP contribution in [0.2, 0.25) is 0 Å². The molecule has 0 fully saturated rings. The van der Waals surface area contributed by atoms with E-state index in [2.05, 4.69) is 45.5 Å². The number of nitrogens with zero attached hydrogens (tertiary/aromatic N) is 2. The molecule has 0 bridgehead atoms. The molecule has 2 aromatic carbocycles. The number of benzene rings is 2. The zero-order chi connectivity index (χ0) is 15.5. The standard InChI is InChI=1S/C16H14N2O2S2/c1-10-6-7-12-11(8-10)4-3-5-13(12)15-16(22-18-17-15)21-9-14(19)20-2/h3-8H,9H2,1-2H3. The number of carbonyl (C=O) groups excluding carboxylic acids is 1. The van der Waals surface area contributed by atoms with Gasteiger partial charge in [0.05, 0.1) is 12.9 Å². The van der Waals surface area contributed by atoms with E-state index >= 15 is 0 Å². The van der Waals surface area contributed by atoms with Gasteiger partial charge in [-0.3, -0.25) is 4.79 Å². The fourth-order valence-electron chi connectivity index (χ4n) is 2.23. The first-order chi connectivity index (χ1) is 10.7. The van der Waals surface area contributed by atoms with Gasteiger partial charge in [-0.1, -0.05) is 58.2 Å². The van der Waals surface area contributed by atoms with E-state index in [-0.39, 0.29) is 11.7 Å². The van der Waals surface area contributed by atoms with Crippen molar-refractivity contribution in [3.05, 3.63) is 42.0 Å². The third-order valence-corrected chi connectivity index (χ3v) is 5.23. The molecule has 4 nitrogen and oxygen atoms in total. The van der Waals surface area contributed by atoms with Gasteiger partial charge >= 0.3 is 5.97 Å². The van der Waals surface area contributed by atoms with Crippen molar-refractivity contribution < 1.29 is 9.53 Å². The molecule has 0 aliphatic carbocycles. The topological polar surface area (TPSA) is 52.1 Å². The molecule has 0 radical (unpaired) electrons. The summed E-state index contributed by atoms with van der Waals surface area (Å²) in [6.07, 6.45) is 0. The zero-order valence-corrected chi connectivity index (χ0v) is 13.8. The molecule has 0 N–H and O–H groups in total. The zero-order valence-electron chi connectivity index (χ0n) is 12.2. The predicted molar refractivity (Wildman–Crippen MR) is 90.3 cm³/mol. The molecule has 112 valence electrons. The van der Waals surface area contributed by atoms with E-state index in [4.69, 9.17) is 0 Å². The van der Waals surface area contributed by atoms with E-state index in [9.17, 15) is 4.79 Å². The minimum absolute atomic E-state index is 0.252. The Morgan fingerprint density at radius 2 is 2.18 bits per heavy atom. The highest BCUT2D eigenvalue weighted by Gasteiger charge is 2.15. The third kappa shape index (κ3) is 2.98. The van der Waals surface area contributed by atoms with E-state index in [0.717, 1.165) is 20.9 Å². The average Bonchev–Trinajstić information content (AvgIpc) is 2.99. The largest absolute Gasteiger partial charge is 0.468 e. The van der Waals surface area contributed by atoms with E-state index in [1.807, 2.05) is 12.1 Å². The maximum Gasteiger partial charge on any atom is 0.316 e. The van der Waals surface area contributed by atoms with Crippen molar-refractivity contribution in [1.29, 1.82) is 0 Å². The van der Waals surface area contributed by atoms with Gasteiger partial charge < -0.3 is 4.74 Å². The molecule has 0 amide bonds. The van der Waals surface area contributed by atoms with Crippen LogP contribution in [0.25, 0.3) is 22.0 Å². The van der Waals surface area contributed by atoms with Crippen molar-refractivity contribution in [1.82, 2.24) is 9.59 Å². The van der Waals surface area contributed by atoms with Crippen LogP contribution < -0.4 is 0 Å². The number of hydrogen-bond donors (Lipinski definition) is 0. The highest BCUT2D eigenvalue weighted by atomic mass is 32.2. The van der Waals surface area contributed by atoms with Crippen molar-refractivity contribution in [2.75, 3.05) is 12.9 Å². The Morgan fingerprint density at radius 3 is 3.00 bits per heavy atom. The molecular weight excluding hydrogens is 316 g/mol. The SMILES string of the molecule is COC(=O)CSc1snnc1-c1cccc2cc(C)ccc12. The van der Waals surface area contributed by atoms with Crippen LogP contribution in [0, 0.1) is 6.92 Å². The highest BCUT2D eigenvalue weighted by molar-refractivity contribution is 8.01. The van der Waals surface area contributed by atoms with E-state index < -0.39 is 0 Å². The van der Waals surface area contributed by atoms with Gasteiger partial charge in [0, 0.05) is 5.56 Å². The fourth-order valence-corrected chi connectivity index (χ4v) is 3.81. The van der Waals surface area contributed by atoms with Crippen molar-refractivity contribution >= 4 is 40.0 Å². The molecule has 0 saturated carbocycles. The Balaban J connectivity index is 2.02. The molecule has 0 aliphatic rings. The van der Waals surface area contributed by atoms with Crippen LogP contribution >= 0.6 is 23.3 Å². The van der Waals surface area contributed by atoms with E-state index in [0.29, 0.717) is 0 Å². The molecule has 0 atom stereocenters. The number of aromatic nitrogens is 2. The normalized spacial score (nSPS) is 10.8. The van der Waals surface area contributed by atoms with Crippen molar-refractivity contribution in [3.63, 3.8) is 0 Å². The van der Waals surface area contributed by atoms with E-state index in [1.54, 1.807) is 0 Å². The van der Waals surface area contributed by atoms with Gasteiger partial charge in [0.15, 0.2) is 0 Å². The second-order valence-corrected chi connectivity index (χ2v) is 6.80. The summed E-state index contributed by atoms with van der Waals surface area (Å²) in [5, 5.41) is 6.57. The lowest BCUT2D eigenvalue weighted by molar-refractivity contribution is -0.137. The summed E-state index contributed by atoms with van der Waals surface area (Å²) in [7, 11) is 1.39. The average molecular weight is 330 g/mol. The first kappa shape index (κ1) is 15.0. The van der Waals surface area contributed by atoms with Gasteiger partial charge in [-0.25, -0.2) is 0 Å². The number of hydrogen-bond acceptors (Lipinski definition) is 6. The second-order valence-electron chi connectivity index (χ2n) is 4.80. The van der Waals surface area contributed by atoms with Crippen LogP contribution in [-0.4, -0.2) is 28.4 Å².